The summed E-state index contributed by atoms with van der Waals surface area (Å²) in [7, 11) is 0. The van der Waals surface area contributed by atoms with Crippen molar-refractivity contribution >= 4 is 12.0 Å². The molecule has 0 fully saturated rings. The summed E-state index contributed by atoms with van der Waals surface area (Å²) in [6.07, 6.45) is 3.05. The number of nitrogens with zero attached hydrogens (tertiary/aromatic N) is 1. The van der Waals surface area contributed by atoms with Gasteiger partial charge in [0.05, 0.1) is 12.6 Å². The van der Waals surface area contributed by atoms with E-state index in [-0.39, 0.29) is 18.5 Å². The first-order valence-corrected chi connectivity index (χ1v) is 6.28. The van der Waals surface area contributed by atoms with Gasteiger partial charge in [0.25, 0.3) is 0 Å². The monoisotopic (exact) mass is 268 g/mol. The highest BCUT2D eigenvalue weighted by atomic mass is 16.4. The molecule has 1 heterocycles. The molecule has 7 nitrogen and oxygen atoms in total. The summed E-state index contributed by atoms with van der Waals surface area (Å²) in [6, 6.07) is -0.701. The van der Waals surface area contributed by atoms with Gasteiger partial charge in [-0.2, -0.15) is 5.10 Å². The highest BCUT2D eigenvalue weighted by Crippen LogP contribution is 2.03. The molecule has 0 bridgehead atoms. The van der Waals surface area contributed by atoms with Crippen molar-refractivity contribution in [2.24, 2.45) is 0 Å². The molecule has 1 aromatic rings. The quantitative estimate of drug-likeness (QED) is 0.595. The Morgan fingerprint density at radius 1 is 1.53 bits per heavy atom. The summed E-state index contributed by atoms with van der Waals surface area (Å²) >= 11 is 0. The molecular formula is C12H20N4O3. The van der Waals surface area contributed by atoms with Gasteiger partial charge >= 0.3 is 12.0 Å². The lowest BCUT2D eigenvalue weighted by Crippen LogP contribution is -2.42. The summed E-state index contributed by atoms with van der Waals surface area (Å²) in [6.45, 7) is 4.18. The van der Waals surface area contributed by atoms with Crippen molar-refractivity contribution in [2.75, 3.05) is 0 Å². The van der Waals surface area contributed by atoms with Gasteiger partial charge in [-0.3, -0.25) is 9.89 Å². The van der Waals surface area contributed by atoms with E-state index in [4.69, 9.17) is 5.11 Å². The van der Waals surface area contributed by atoms with E-state index in [1.807, 2.05) is 13.8 Å². The van der Waals surface area contributed by atoms with Gasteiger partial charge in [0.2, 0.25) is 0 Å². The van der Waals surface area contributed by atoms with E-state index < -0.39 is 5.97 Å². The van der Waals surface area contributed by atoms with Gasteiger partial charge in [0.1, 0.15) is 0 Å². The number of nitrogens with one attached hydrogen (secondary N) is 3. The van der Waals surface area contributed by atoms with Crippen molar-refractivity contribution in [1.29, 1.82) is 0 Å². The van der Waals surface area contributed by atoms with Gasteiger partial charge in [-0.1, -0.05) is 13.3 Å². The van der Waals surface area contributed by atoms with Crippen LogP contribution < -0.4 is 10.6 Å². The molecule has 0 aromatic carbocycles. The Morgan fingerprint density at radius 2 is 2.26 bits per heavy atom. The molecule has 19 heavy (non-hydrogen) atoms. The lowest BCUT2D eigenvalue weighted by Gasteiger charge is -2.16. The highest BCUT2D eigenvalue weighted by molar-refractivity contribution is 5.75. The molecule has 0 aliphatic heterocycles. The maximum Gasteiger partial charge on any atom is 0.315 e. The number of carbonyl (C=O) groups excluding carboxylic acids is 1. The van der Waals surface area contributed by atoms with Crippen LogP contribution in [-0.4, -0.2) is 33.3 Å². The molecule has 0 aliphatic rings. The SMILES string of the molecule is CCCC(CC(=O)O)NC(=O)NCc1cn[nH]c1C. The van der Waals surface area contributed by atoms with Crippen molar-refractivity contribution < 1.29 is 14.7 Å². The number of aromatic amines is 1. The van der Waals surface area contributed by atoms with Gasteiger partial charge in [0.15, 0.2) is 0 Å². The maximum atomic E-state index is 11.7. The number of hydrogen-bond acceptors (Lipinski definition) is 3. The Bertz CT molecular complexity index is 430. The first kappa shape index (κ1) is 15.0. The molecule has 106 valence electrons. The minimum Gasteiger partial charge on any atom is -0.481 e. The number of H-pyrrole nitrogens is 1. The third-order valence-corrected chi connectivity index (χ3v) is 2.77. The molecule has 2 amide bonds. The van der Waals surface area contributed by atoms with Crippen LogP contribution in [0.5, 0.6) is 0 Å². The number of carboxylic acids is 1. The summed E-state index contributed by atoms with van der Waals surface area (Å²) in [4.78, 5) is 22.3. The Morgan fingerprint density at radius 3 is 2.79 bits per heavy atom. The molecule has 0 spiro atoms. The maximum absolute atomic E-state index is 11.7. The van der Waals surface area contributed by atoms with Crippen molar-refractivity contribution in [1.82, 2.24) is 20.8 Å². The highest BCUT2D eigenvalue weighted by Gasteiger charge is 2.15. The number of hydrogen-bond donors (Lipinski definition) is 4. The van der Waals surface area contributed by atoms with E-state index in [0.29, 0.717) is 13.0 Å². The molecule has 0 radical (unpaired) electrons. The lowest BCUT2D eigenvalue weighted by atomic mass is 10.1. The van der Waals surface area contributed by atoms with Crippen LogP contribution in [0.15, 0.2) is 6.20 Å². The number of amides is 2. The third-order valence-electron chi connectivity index (χ3n) is 2.77. The van der Waals surface area contributed by atoms with Gasteiger partial charge in [-0.25, -0.2) is 4.79 Å². The van der Waals surface area contributed by atoms with Crippen LogP contribution in [0.3, 0.4) is 0 Å². The molecule has 1 rings (SSSR count). The Balaban J connectivity index is 2.39. The van der Waals surface area contributed by atoms with Crippen molar-refractivity contribution in [3.05, 3.63) is 17.5 Å². The fraction of sp³-hybridized carbons (Fsp3) is 0.583. The minimum atomic E-state index is -0.913. The van der Waals surface area contributed by atoms with Gasteiger partial charge in [-0.05, 0) is 13.3 Å². The smallest absolute Gasteiger partial charge is 0.315 e. The van der Waals surface area contributed by atoms with E-state index in [9.17, 15) is 9.59 Å². The van der Waals surface area contributed by atoms with Gasteiger partial charge in [0, 0.05) is 23.8 Å². The molecule has 7 heteroatoms. The van der Waals surface area contributed by atoms with Crippen molar-refractivity contribution in [3.8, 4) is 0 Å². The second kappa shape index (κ2) is 7.40. The first-order valence-electron chi connectivity index (χ1n) is 6.28. The predicted molar refractivity (Wildman–Crippen MR) is 69.6 cm³/mol. The van der Waals surface area contributed by atoms with E-state index in [0.717, 1.165) is 17.7 Å². The Kier molecular flexibility index (Phi) is 5.84. The molecule has 1 atom stereocenters. The van der Waals surface area contributed by atoms with Crippen molar-refractivity contribution in [3.63, 3.8) is 0 Å². The standard InChI is InChI=1S/C12H20N4O3/c1-3-4-10(5-11(17)18)15-12(19)13-6-9-7-14-16-8(9)2/h7,10H,3-6H2,1-2H3,(H,14,16)(H,17,18)(H2,13,15,19). The van der Waals surface area contributed by atoms with Gasteiger partial charge < -0.3 is 15.7 Å². The molecule has 1 aromatic heterocycles. The topological polar surface area (TPSA) is 107 Å². The minimum absolute atomic E-state index is 0.0635. The van der Waals surface area contributed by atoms with Crippen LogP contribution in [0.25, 0.3) is 0 Å². The molecule has 0 aliphatic carbocycles. The Labute approximate surface area is 111 Å². The lowest BCUT2D eigenvalue weighted by molar-refractivity contribution is -0.137. The van der Waals surface area contributed by atoms with Crippen LogP contribution in [0.1, 0.15) is 37.4 Å². The number of carbonyl (C=O) groups is 2. The average Bonchev–Trinajstić information content (AvgIpc) is 2.71. The molecule has 4 N–H and O–H groups in total. The van der Waals surface area contributed by atoms with Crippen LogP contribution in [0.4, 0.5) is 4.79 Å². The number of aromatic nitrogens is 2. The number of aryl methyl sites for hydroxylation is 1. The zero-order chi connectivity index (χ0) is 14.3. The average molecular weight is 268 g/mol. The third kappa shape index (κ3) is 5.41. The first-order chi connectivity index (χ1) is 9.02. The number of carboxylic acid groups (broad SMARTS) is 1. The van der Waals surface area contributed by atoms with E-state index in [1.54, 1.807) is 6.20 Å². The van der Waals surface area contributed by atoms with Gasteiger partial charge in [-0.15, -0.1) is 0 Å². The molecule has 0 saturated heterocycles. The summed E-state index contributed by atoms with van der Waals surface area (Å²) in [5.74, 6) is -0.913. The summed E-state index contributed by atoms with van der Waals surface area (Å²) in [5, 5.41) is 20.7. The van der Waals surface area contributed by atoms with Crippen LogP contribution in [0, 0.1) is 6.92 Å². The largest absolute Gasteiger partial charge is 0.481 e. The summed E-state index contributed by atoms with van der Waals surface area (Å²) in [5.41, 5.74) is 1.80. The molecular weight excluding hydrogens is 248 g/mol. The van der Waals surface area contributed by atoms with Crippen LogP contribution in [-0.2, 0) is 11.3 Å². The van der Waals surface area contributed by atoms with Crippen molar-refractivity contribution in [2.45, 2.75) is 45.7 Å². The number of aliphatic carboxylic acids is 1. The van der Waals surface area contributed by atoms with Crippen LogP contribution in [0.2, 0.25) is 0 Å². The summed E-state index contributed by atoms with van der Waals surface area (Å²) < 4.78 is 0. The molecule has 1 unspecified atom stereocenters. The second-order valence-electron chi connectivity index (χ2n) is 4.43. The second-order valence-corrected chi connectivity index (χ2v) is 4.43. The fourth-order valence-corrected chi connectivity index (χ4v) is 1.75. The fourth-order valence-electron chi connectivity index (χ4n) is 1.75. The van der Waals surface area contributed by atoms with E-state index in [2.05, 4.69) is 20.8 Å². The number of urea groups is 1. The van der Waals surface area contributed by atoms with E-state index >= 15 is 0 Å². The normalized spacial score (nSPS) is 11.9. The zero-order valence-corrected chi connectivity index (χ0v) is 11.2. The number of rotatable bonds is 7. The van der Waals surface area contributed by atoms with E-state index in [1.165, 1.54) is 0 Å². The predicted octanol–water partition coefficient (Wildman–Crippen LogP) is 1.16. The Hall–Kier alpha value is -2.05. The molecule has 0 saturated carbocycles. The van der Waals surface area contributed by atoms with Crippen LogP contribution >= 0.6 is 0 Å². The zero-order valence-electron chi connectivity index (χ0n) is 11.2.